The van der Waals surface area contributed by atoms with Crippen LogP contribution in [0.15, 0.2) is 96.9 Å². The highest BCUT2D eigenvalue weighted by Gasteiger charge is 2.36. The molecule has 0 aliphatic carbocycles. The van der Waals surface area contributed by atoms with Gasteiger partial charge in [0.25, 0.3) is 0 Å². The minimum absolute atomic E-state index is 0.506. The van der Waals surface area contributed by atoms with Crippen LogP contribution in [-0.2, 0) is 5.41 Å². The van der Waals surface area contributed by atoms with Crippen molar-refractivity contribution in [3.8, 4) is 11.1 Å². The van der Waals surface area contributed by atoms with Gasteiger partial charge in [-0.3, -0.25) is 4.98 Å². The predicted octanol–water partition coefficient (Wildman–Crippen LogP) is 5.03. The summed E-state index contributed by atoms with van der Waals surface area (Å²) in [6.07, 6.45) is 10.8. The minimum Gasteiger partial charge on any atom is -0.411 e. The van der Waals surface area contributed by atoms with E-state index < -0.39 is 5.41 Å². The Morgan fingerprint density at radius 2 is 1.50 bits per heavy atom. The van der Waals surface area contributed by atoms with Crippen LogP contribution >= 0.6 is 0 Å². The van der Waals surface area contributed by atoms with Crippen LogP contribution in [0.2, 0.25) is 0 Å². The molecule has 0 aliphatic heterocycles. The lowest BCUT2D eigenvalue weighted by Crippen LogP contribution is -2.31. The molecule has 5 nitrogen and oxygen atoms in total. The molecule has 4 aromatic rings. The fourth-order valence-corrected chi connectivity index (χ4v) is 4.08. The third-order valence-electron chi connectivity index (χ3n) is 5.53. The first kappa shape index (κ1) is 19.5. The Hall–Kier alpha value is -3.86. The molecule has 2 aromatic heterocycles. The zero-order valence-electron chi connectivity index (χ0n) is 16.7. The number of aromatic nitrogens is 3. The molecule has 30 heavy (non-hydrogen) atoms. The van der Waals surface area contributed by atoms with E-state index >= 15 is 0 Å². The van der Waals surface area contributed by atoms with Crippen molar-refractivity contribution in [1.29, 1.82) is 0 Å². The largest absolute Gasteiger partial charge is 0.411 e. The Bertz CT molecular complexity index is 1130. The summed E-state index contributed by atoms with van der Waals surface area (Å²) in [6.45, 7) is 2.11. The van der Waals surface area contributed by atoms with Crippen LogP contribution < -0.4 is 0 Å². The molecule has 2 aromatic carbocycles. The lowest BCUT2D eigenvalue weighted by atomic mass is 9.66. The van der Waals surface area contributed by atoms with Crippen molar-refractivity contribution in [1.82, 2.24) is 15.0 Å². The number of hydrogen-bond donors (Lipinski definition) is 1. The summed E-state index contributed by atoms with van der Waals surface area (Å²) in [5.41, 5.74) is 6.00. The van der Waals surface area contributed by atoms with E-state index in [1.807, 2.05) is 24.3 Å². The van der Waals surface area contributed by atoms with Crippen LogP contribution in [-0.4, -0.2) is 26.4 Å². The summed E-state index contributed by atoms with van der Waals surface area (Å²) in [4.78, 5) is 12.4. The summed E-state index contributed by atoms with van der Waals surface area (Å²) in [6, 6.07) is 20.8. The number of hydrogen-bond acceptors (Lipinski definition) is 5. The Morgan fingerprint density at radius 3 is 2.17 bits per heavy atom. The first-order valence-corrected chi connectivity index (χ1v) is 9.74. The highest BCUT2D eigenvalue weighted by Crippen LogP contribution is 2.43. The van der Waals surface area contributed by atoms with E-state index in [2.05, 4.69) is 63.4 Å². The van der Waals surface area contributed by atoms with Gasteiger partial charge < -0.3 is 5.21 Å². The van der Waals surface area contributed by atoms with Gasteiger partial charge in [0, 0.05) is 43.0 Å². The monoisotopic (exact) mass is 394 g/mol. The predicted molar refractivity (Wildman–Crippen MR) is 118 cm³/mol. The van der Waals surface area contributed by atoms with Gasteiger partial charge in [0.1, 0.15) is 6.33 Å². The van der Waals surface area contributed by atoms with Gasteiger partial charge in [-0.05, 0) is 46.9 Å². The smallest absolute Gasteiger partial charge is 0.115 e. The maximum absolute atomic E-state index is 9.28. The summed E-state index contributed by atoms with van der Waals surface area (Å²) in [7, 11) is 0. The average Bonchev–Trinajstić information content (AvgIpc) is 2.82. The van der Waals surface area contributed by atoms with Crippen LogP contribution in [0.25, 0.3) is 11.1 Å². The summed E-state index contributed by atoms with van der Waals surface area (Å²) < 4.78 is 0. The fraction of sp³-hybridized carbons (Fsp3) is 0.120. The zero-order chi connectivity index (χ0) is 20.8. The maximum Gasteiger partial charge on any atom is 0.115 e. The second kappa shape index (κ2) is 8.66. The average molecular weight is 394 g/mol. The molecule has 0 saturated heterocycles. The molecule has 0 bridgehead atoms. The molecular formula is C25H22N4O. The van der Waals surface area contributed by atoms with Crippen molar-refractivity contribution >= 4 is 6.21 Å². The molecule has 0 fully saturated rings. The van der Waals surface area contributed by atoms with Gasteiger partial charge in [-0.15, -0.1) is 5.16 Å². The van der Waals surface area contributed by atoms with E-state index in [0.29, 0.717) is 6.42 Å². The van der Waals surface area contributed by atoms with Gasteiger partial charge in [0.15, 0.2) is 0 Å². The molecule has 2 heterocycles. The molecule has 148 valence electrons. The van der Waals surface area contributed by atoms with Crippen molar-refractivity contribution in [3.63, 3.8) is 0 Å². The van der Waals surface area contributed by atoms with Crippen LogP contribution in [0, 0.1) is 6.92 Å². The SMILES string of the molecule is Cc1ccccc1C(C/C=N\O)(c1ccncc1)c1ccc(-c2cncnc2)cc1. The van der Waals surface area contributed by atoms with Gasteiger partial charge in [-0.1, -0.05) is 48.5 Å². The minimum atomic E-state index is -0.522. The molecular weight excluding hydrogens is 372 g/mol. The van der Waals surface area contributed by atoms with Crippen LogP contribution in [0.1, 0.15) is 28.7 Å². The Kier molecular flexibility index (Phi) is 5.61. The van der Waals surface area contributed by atoms with E-state index in [-0.39, 0.29) is 0 Å². The lowest BCUT2D eigenvalue weighted by molar-refractivity contribution is 0.319. The zero-order valence-corrected chi connectivity index (χ0v) is 16.7. The van der Waals surface area contributed by atoms with Gasteiger partial charge in [0.05, 0.1) is 5.41 Å². The Morgan fingerprint density at radius 1 is 0.833 bits per heavy atom. The van der Waals surface area contributed by atoms with Gasteiger partial charge in [0.2, 0.25) is 0 Å². The maximum atomic E-state index is 9.28. The first-order chi connectivity index (χ1) is 14.8. The quantitative estimate of drug-likeness (QED) is 0.283. The number of pyridine rings is 1. The van der Waals surface area contributed by atoms with E-state index in [1.165, 1.54) is 11.9 Å². The first-order valence-electron chi connectivity index (χ1n) is 9.74. The third kappa shape index (κ3) is 3.57. The topological polar surface area (TPSA) is 71.3 Å². The number of rotatable bonds is 6. The lowest BCUT2D eigenvalue weighted by Gasteiger charge is -2.36. The number of oxime groups is 1. The van der Waals surface area contributed by atoms with Crippen molar-refractivity contribution < 1.29 is 5.21 Å². The molecule has 0 amide bonds. The summed E-state index contributed by atoms with van der Waals surface area (Å²) >= 11 is 0. The van der Waals surface area contributed by atoms with Crippen molar-refractivity contribution in [3.05, 3.63) is 114 Å². The molecule has 0 aliphatic rings. The number of benzene rings is 2. The number of aryl methyl sites for hydroxylation is 1. The summed E-state index contributed by atoms with van der Waals surface area (Å²) in [5, 5.41) is 12.6. The van der Waals surface area contributed by atoms with Gasteiger partial charge >= 0.3 is 0 Å². The Balaban J connectivity index is 1.94. The number of nitrogens with zero attached hydrogens (tertiary/aromatic N) is 4. The van der Waals surface area contributed by atoms with E-state index in [9.17, 15) is 5.21 Å². The van der Waals surface area contributed by atoms with E-state index in [0.717, 1.165) is 27.8 Å². The standard InChI is InChI=1S/C25H22N4O/c1-19-4-2-3-5-24(19)25(12-15-29-30,23-10-13-26-14-11-23)22-8-6-20(7-9-22)21-16-27-18-28-17-21/h2-11,13-18,30H,12H2,1H3/b29-15-. The van der Waals surface area contributed by atoms with Crippen molar-refractivity contribution in [2.45, 2.75) is 18.8 Å². The highest BCUT2D eigenvalue weighted by molar-refractivity contribution is 5.68. The highest BCUT2D eigenvalue weighted by atomic mass is 16.4. The second-order valence-corrected chi connectivity index (χ2v) is 7.16. The third-order valence-corrected chi connectivity index (χ3v) is 5.53. The van der Waals surface area contributed by atoms with Gasteiger partial charge in [-0.2, -0.15) is 0 Å². The second-order valence-electron chi connectivity index (χ2n) is 7.16. The summed E-state index contributed by atoms with van der Waals surface area (Å²) in [5.74, 6) is 0. The molecule has 0 saturated carbocycles. The van der Waals surface area contributed by atoms with Crippen molar-refractivity contribution in [2.24, 2.45) is 5.16 Å². The molecule has 4 rings (SSSR count). The normalized spacial score (nSPS) is 13.2. The van der Waals surface area contributed by atoms with Crippen LogP contribution in [0.3, 0.4) is 0 Å². The Labute approximate surface area is 175 Å². The van der Waals surface area contributed by atoms with Crippen molar-refractivity contribution in [2.75, 3.05) is 0 Å². The van der Waals surface area contributed by atoms with E-state index in [1.54, 1.807) is 31.0 Å². The van der Waals surface area contributed by atoms with Crippen LogP contribution in [0.4, 0.5) is 0 Å². The van der Waals surface area contributed by atoms with E-state index in [4.69, 9.17) is 0 Å². The fourth-order valence-electron chi connectivity index (χ4n) is 4.08. The van der Waals surface area contributed by atoms with Crippen LogP contribution in [0.5, 0.6) is 0 Å². The molecule has 1 unspecified atom stereocenters. The molecule has 0 spiro atoms. The van der Waals surface area contributed by atoms with Gasteiger partial charge in [-0.25, -0.2) is 9.97 Å². The molecule has 0 radical (unpaired) electrons. The molecule has 5 heteroatoms. The molecule has 1 N–H and O–H groups in total. The molecule has 1 atom stereocenters.